The van der Waals surface area contributed by atoms with Gasteiger partial charge in [0.15, 0.2) is 0 Å². The summed E-state index contributed by atoms with van der Waals surface area (Å²) in [5.74, 6) is 0.952. The summed E-state index contributed by atoms with van der Waals surface area (Å²) in [7, 11) is 1.88. The molecule has 0 unspecified atom stereocenters. The van der Waals surface area contributed by atoms with Crippen LogP contribution in [0.15, 0.2) is 24.4 Å². The molecule has 0 amide bonds. The van der Waals surface area contributed by atoms with E-state index in [0.29, 0.717) is 0 Å². The Hall–Kier alpha value is -1.84. The highest BCUT2D eigenvalue weighted by Gasteiger charge is 2.05. The highest BCUT2D eigenvalue weighted by molar-refractivity contribution is 5.37. The molecule has 0 saturated heterocycles. The van der Waals surface area contributed by atoms with Crippen LogP contribution in [0.25, 0.3) is 0 Å². The lowest BCUT2D eigenvalue weighted by molar-refractivity contribution is 0.240. The first-order valence-corrected chi connectivity index (χ1v) is 6.16. The minimum Gasteiger partial charge on any atom is -0.491 e. The first kappa shape index (κ1) is 12.6. The molecule has 2 aromatic rings. The molecule has 1 aromatic carbocycles. The van der Waals surface area contributed by atoms with Gasteiger partial charge in [-0.1, -0.05) is 17.3 Å². The molecule has 0 bridgehead atoms. The number of aryl methyl sites for hydroxylation is 2. The van der Waals surface area contributed by atoms with Crippen molar-refractivity contribution in [1.82, 2.24) is 15.0 Å². The van der Waals surface area contributed by atoms with Crippen molar-refractivity contribution in [3.8, 4) is 5.75 Å². The van der Waals surface area contributed by atoms with Crippen molar-refractivity contribution in [3.63, 3.8) is 0 Å². The molecule has 0 fully saturated rings. The molecule has 1 heterocycles. The minimum absolute atomic E-state index is 0.203. The maximum absolute atomic E-state index is 5.72. The van der Waals surface area contributed by atoms with Gasteiger partial charge in [0.1, 0.15) is 5.75 Å². The van der Waals surface area contributed by atoms with E-state index in [4.69, 9.17) is 4.74 Å². The van der Waals surface area contributed by atoms with E-state index in [2.05, 4.69) is 29.4 Å². The lowest BCUT2D eigenvalue weighted by Crippen LogP contribution is -2.06. The summed E-state index contributed by atoms with van der Waals surface area (Å²) in [4.78, 5) is 0. The fraction of sp³-hybridized carbons (Fsp3) is 0.429. The third-order valence-corrected chi connectivity index (χ3v) is 2.64. The molecule has 0 spiro atoms. The lowest BCUT2D eigenvalue weighted by atomic mass is 10.1. The van der Waals surface area contributed by atoms with Crippen LogP contribution in [-0.2, 0) is 13.5 Å². The summed E-state index contributed by atoms with van der Waals surface area (Å²) >= 11 is 0. The van der Waals surface area contributed by atoms with Gasteiger partial charge in [-0.2, -0.15) is 0 Å². The molecule has 2 rings (SSSR count). The molecule has 0 radical (unpaired) electrons. The zero-order valence-electron chi connectivity index (χ0n) is 11.3. The highest BCUT2D eigenvalue weighted by Crippen LogP contribution is 2.21. The van der Waals surface area contributed by atoms with Gasteiger partial charge in [-0.15, -0.1) is 5.10 Å². The van der Waals surface area contributed by atoms with Crippen LogP contribution >= 0.6 is 0 Å². The average Bonchev–Trinajstić information content (AvgIpc) is 2.68. The van der Waals surface area contributed by atoms with Gasteiger partial charge in [0.25, 0.3) is 0 Å². The topological polar surface area (TPSA) is 39.9 Å². The molecular formula is C14H19N3O. The molecule has 0 aliphatic heterocycles. The van der Waals surface area contributed by atoms with Gasteiger partial charge in [-0.25, -0.2) is 0 Å². The van der Waals surface area contributed by atoms with Crippen molar-refractivity contribution < 1.29 is 4.74 Å². The number of nitrogens with zero attached hydrogens (tertiary/aromatic N) is 3. The first-order valence-electron chi connectivity index (χ1n) is 6.16. The Labute approximate surface area is 108 Å². The van der Waals surface area contributed by atoms with Gasteiger partial charge in [-0.3, -0.25) is 4.68 Å². The molecular weight excluding hydrogens is 226 g/mol. The van der Waals surface area contributed by atoms with E-state index in [1.54, 1.807) is 4.68 Å². The van der Waals surface area contributed by atoms with E-state index in [1.165, 1.54) is 5.56 Å². The number of benzene rings is 1. The highest BCUT2D eigenvalue weighted by atomic mass is 16.5. The molecule has 4 nitrogen and oxygen atoms in total. The zero-order valence-corrected chi connectivity index (χ0v) is 11.3. The summed E-state index contributed by atoms with van der Waals surface area (Å²) in [6, 6.07) is 6.26. The molecule has 0 atom stereocenters. The van der Waals surface area contributed by atoms with Crippen molar-refractivity contribution >= 4 is 0 Å². The number of ether oxygens (including phenoxy) is 1. The van der Waals surface area contributed by atoms with Gasteiger partial charge in [0, 0.05) is 19.7 Å². The minimum atomic E-state index is 0.203. The molecule has 18 heavy (non-hydrogen) atoms. The first-order chi connectivity index (χ1) is 8.54. The SMILES string of the molecule is Cc1cc(Cc2cn(C)nn2)ccc1OC(C)C. The Morgan fingerprint density at radius 2 is 2.11 bits per heavy atom. The van der Waals surface area contributed by atoms with E-state index in [-0.39, 0.29) is 6.10 Å². The predicted molar refractivity (Wildman–Crippen MR) is 70.8 cm³/mol. The second-order valence-electron chi connectivity index (χ2n) is 4.83. The maximum Gasteiger partial charge on any atom is 0.122 e. The number of hydrogen-bond acceptors (Lipinski definition) is 3. The quantitative estimate of drug-likeness (QED) is 0.831. The van der Waals surface area contributed by atoms with E-state index >= 15 is 0 Å². The van der Waals surface area contributed by atoms with Crippen LogP contribution in [0, 0.1) is 6.92 Å². The van der Waals surface area contributed by atoms with Gasteiger partial charge in [-0.05, 0) is 38.0 Å². The van der Waals surface area contributed by atoms with E-state index < -0.39 is 0 Å². The van der Waals surface area contributed by atoms with Crippen molar-refractivity contribution in [2.75, 3.05) is 0 Å². The van der Waals surface area contributed by atoms with E-state index in [0.717, 1.165) is 23.4 Å². The summed E-state index contributed by atoms with van der Waals surface area (Å²) in [6.45, 7) is 6.14. The van der Waals surface area contributed by atoms with Crippen LogP contribution in [0.1, 0.15) is 30.7 Å². The third-order valence-electron chi connectivity index (χ3n) is 2.64. The maximum atomic E-state index is 5.72. The van der Waals surface area contributed by atoms with Crippen molar-refractivity contribution in [2.24, 2.45) is 7.05 Å². The van der Waals surface area contributed by atoms with Crippen LogP contribution in [0.5, 0.6) is 5.75 Å². The van der Waals surface area contributed by atoms with Crippen LogP contribution in [0.3, 0.4) is 0 Å². The molecule has 0 aliphatic carbocycles. The van der Waals surface area contributed by atoms with Gasteiger partial charge in [0.2, 0.25) is 0 Å². The second-order valence-corrected chi connectivity index (χ2v) is 4.83. The lowest BCUT2D eigenvalue weighted by Gasteiger charge is -2.13. The Morgan fingerprint density at radius 1 is 1.33 bits per heavy atom. The summed E-state index contributed by atoms with van der Waals surface area (Å²) in [6.07, 6.45) is 2.94. The van der Waals surface area contributed by atoms with Crippen molar-refractivity contribution in [3.05, 3.63) is 41.2 Å². The van der Waals surface area contributed by atoms with Crippen molar-refractivity contribution in [2.45, 2.75) is 33.3 Å². The third kappa shape index (κ3) is 3.09. The molecule has 1 aromatic heterocycles. The normalized spacial score (nSPS) is 10.9. The predicted octanol–water partition coefficient (Wildman–Crippen LogP) is 2.50. The largest absolute Gasteiger partial charge is 0.491 e. The van der Waals surface area contributed by atoms with Crippen LogP contribution in [-0.4, -0.2) is 21.1 Å². The molecule has 0 aliphatic rings. The summed E-state index contributed by atoms with van der Waals surface area (Å²) in [5, 5.41) is 8.03. The van der Waals surface area contributed by atoms with Crippen LogP contribution < -0.4 is 4.74 Å². The summed E-state index contributed by atoms with van der Waals surface area (Å²) in [5.41, 5.74) is 3.36. The zero-order chi connectivity index (χ0) is 13.1. The van der Waals surface area contributed by atoms with Gasteiger partial charge in [0.05, 0.1) is 11.8 Å². The molecule has 0 N–H and O–H groups in total. The average molecular weight is 245 g/mol. The van der Waals surface area contributed by atoms with Gasteiger partial charge < -0.3 is 4.74 Å². The standard InChI is InChI=1S/C14H19N3O/c1-10(2)18-14-6-5-12(7-11(14)3)8-13-9-17(4)16-15-13/h5-7,9-10H,8H2,1-4H3. The summed E-state index contributed by atoms with van der Waals surface area (Å²) < 4.78 is 7.44. The Bertz CT molecular complexity index is 532. The fourth-order valence-electron chi connectivity index (χ4n) is 1.89. The van der Waals surface area contributed by atoms with Gasteiger partial charge >= 0.3 is 0 Å². The Balaban J connectivity index is 2.13. The fourth-order valence-corrected chi connectivity index (χ4v) is 1.89. The number of aromatic nitrogens is 3. The molecule has 4 heteroatoms. The number of hydrogen-bond donors (Lipinski definition) is 0. The van der Waals surface area contributed by atoms with E-state index in [1.807, 2.05) is 33.2 Å². The van der Waals surface area contributed by atoms with Crippen LogP contribution in [0.2, 0.25) is 0 Å². The molecule has 96 valence electrons. The number of rotatable bonds is 4. The smallest absolute Gasteiger partial charge is 0.122 e. The van der Waals surface area contributed by atoms with Crippen LogP contribution in [0.4, 0.5) is 0 Å². The molecule has 0 saturated carbocycles. The second kappa shape index (κ2) is 5.21. The monoisotopic (exact) mass is 245 g/mol. The Kier molecular flexibility index (Phi) is 3.65. The van der Waals surface area contributed by atoms with Crippen molar-refractivity contribution in [1.29, 1.82) is 0 Å². The Morgan fingerprint density at radius 3 is 2.67 bits per heavy atom. The van der Waals surface area contributed by atoms with E-state index in [9.17, 15) is 0 Å².